The molecule has 1 saturated heterocycles. The first-order valence-electron chi connectivity index (χ1n) is 4.19. The largest absolute Gasteiger partial charge is 0.328 e. The van der Waals surface area contributed by atoms with Gasteiger partial charge in [0.05, 0.1) is 0 Å². The second-order valence-electron chi connectivity index (χ2n) is 3.59. The van der Waals surface area contributed by atoms with Crippen molar-refractivity contribution in [3.63, 3.8) is 0 Å². The fourth-order valence-electron chi connectivity index (χ4n) is 1.49. The number of hydrogen-bond acceptors (Lipinski definition) is 2. The Balaban J connectivity index is 2.32. The van der Waals surface area contributed by atoms with Gasteiger partial charge >= 0.3 is 0 Å². The highest BCUT2D eigenvalue weighted by atomic mass is 14.9. The lowest BCUT2D eigenvalue weighted by Gasteiger charge is -2.30. The van der Waals surface area contributed by atoms with Gasteiger partial charge in [0.1, 0.15) is 0 Å². The number of hydrogen-bond donors (Lipinski definition) is 2. The zero-order chi connectivity index (χ0) is 7.56. The molecule has 10 heavy (non-hydrogen) atoms. The SMILES string of the molecule is CC(C)C1CC(N)CCN1. The van der Waals surface area contributed by atoms with E-state index in [0.29, 0.717) is 12.1 Å². The van der Waals surface area contributed by atoms with Crippen LogP contribution in [-0.2, 0) is 0 Å². The summed E-state index contributed by atoms with van der Waals surface area (Å²) in [7, 11) is 0. The molecule has 2 nitrogen and oxygen atoms in total. The number of nitrogens with two attached hydrogens (primary N) is 1. The van der Waals surface area contributed by atoms with Crippen LogP contribution < -0.4 is 11.1 Å². The molecule has 0 spiro atoms. The van der Waals surface area contributed by atoms with Crippen molar-refractivity contribution < 1.29 is 0 Å². The highest BCUT2D eigenvalue weighted by Gasteiger charge is 2.20. The smallest absolute Gasteiger partial charge is 0.0105 e. The van der Waals surface area contributed by atoms with Crippen molar-refractivity contribution in [1.82, 2.24) is 5.32 Å². The summed E-state index contributed by atoms with van der Waals surface area (Å²) in [6, 6.07) is 1.09. The molecule has 0 radical (unpaired) electrons. The average molecular weight is 142 g/mol. The molecule has 0 aliphatic carbocycles. The molecule has 2 unspecified atom stereocenters. The maximum absolute atomic E-state index is 5.82. The lowest BCUT2D eigenvalue weighted by atomic mass is 9.92. The van der Waals surface area contributed by atoms with E-state index in [0.717, 1.165) is 25.3 Å². The van der Waals surface area contributed by atoms with Gasteiger partial charge in [-0.25, -0.2) is 0 Å². The van der Waals surface area contributed by atoms with E-state index in [2.05, 4.69) is 19.2 Å². The molecule has 1 aliphatic rings. The van der Waals surface area contributed by atoms with Crippen LogP contribution >= 0.6 is 0 Å². The van der Waals surface area contributed by atoms with Crippen LogP contribution in [0.25, 0.3) is 0 Å². The van der Waals surface area contributed by atoms with Gasteiger partial charge in [-0.05, 0) is 25.3 Å². The third-order valence-electron chi connectivity index (χ3n) is 2.28. The molecule has 1 rings (SSSR count). The summed E-state index contributed by atoms with van der Waals surface area (Å²) in [6.45, 7) is 5.59. The summed E-state index contributed by atoms with van der Waals surface area (Å²) in [4.78, 5) is 0. The van der Waals surface area contributed by atoms with Crippen molar-refractivity contribution in [3.05, 3.63) is 0 Å². The van der Waals surface area contributed by atoms with E-state index in [-0.39, 0.29) is 0 Å². The van der Waals surface area contributed by atoms with Crippen LogP contribution in [0.3, 0.4) is 0 Å². The third kappa shape index (κ3) is 1.96. The molecule has 0 aromatic carbocycles. The van der Waals surface area contributed by atoms with E-state index in [1.165, 1.54) is 0 Å². The van der Waals surface area contributed by atoms with Crippen LogP contribution in [0.15, 0.2) is 0 Å². The van der Waals surface area contributed by atoms with Crippen LogP contribution in [0.4, 0.5) is 0 Å². The van der Waals surface area contributed by atoms with Crippen LogP contribution in [0, 0.1) is 5.92 Å². The molecule has 3 N–H and O–H groups in total. The predicted molar refractivity (Wildman–Crippen MR) is 43.8 cm³/mol. The molecule has 2 heteroatoms. The zero-order valence-corrected chi connectivity index (χ0v) is 6.93. The molecule has 1 aliphatic heterocycles. The van der Waals surface area contributed by atoms with Crippen molar-refractivity contribution in [2.45, 2.75) is 38.8 Å². The minimum atomic E-state index is 0.439. The van der Waals surface area contributed by atoms with Gasteiger partial charge in [0.15, 0.2) is 0 Å². The van der Waals surface area contributed by atoms with Crippen molar-refractivity contribution >= 4 is 0 Å². The Morgan fingerprint density at radius 3 is 2.60 bits per heavy atom. The molecule has 0 amide bonds. The Kier molecular flexibility index (Phi) is 2.69. The normalized spacial score (nSPS) is 34.8. The lowest BCUT2D eigenvalue weighted by molar-refractivity contribution is 0.300. The first-order valence-corrected chi connectivity index (χ1v) is 4.19. The minimum absolute atomic E-state index is 0.439. The Hall–Kier alpha value is -0.0800. The van der Waals surface area contributed by atoms with Crippen LogP contribution in [0.5, 0.6) is 0 Å². The van der Waals surface area contributed by atoms with Gasteiger partial charge in [0, 0.05) is 12.1 Å². The van der Waals surface area contributed by atoms with E-state index < -0.39 is 0 Å². The van der Waals surface area contributed by atoms with Crippen molar-refractivity contribution in [1.29, 1.82) is 0 Å². The molecule has 1 fully saturated rings. The molecule has 2 atom stereocenters. The van der Waals surface area contributed by atoms with E-state index in [1.807, 2.05) is 0 Å². The number of nitrogens with one attached hydrogen (secondary N) is 1. The zero-order valence-electron chi connectivity index (χ0n) is 6.93. The molecule has 0 aromatic heterocycles. The van der Waals surface area contributed by atoms with E-state index in [1.54, 1.807) is 0 Å². The van der Waals surface area contributed by atoms with Crippen LogP contribution in [0.2, 0.25) is 0 Å². The van der Waals surface area contributed by atoms with Crippen molar-refractivity contribution in [3.8, 4) is 0 Å². The summed E-state index contributed by atoms with van der Waals surface area (Å²) in [5, 5.41) is 3.47. The third-order valence-corrected chi connectivity index (χ3v) is 2.28. The predicted octanol–water partition coefficient (Wildman–Crippen LogP) is 0.722. The fourth-order valence-corrected chi connectivity index (χ4v) is 1.49. The lowest BCUT2D eigenvalue weighted by Crippen LogP contribution is -2.46. The van der Waals surface area contributed by atoms with Crippen molar-refractivity contribution in [2.24, 2.45) is 11.7 Å². The summed E-state index contributed by atoms with van der Waals surface area (Å²) < 4.78 is 0. The molecular weight excluding hydrogens is 124 g/mol. The number of rotatable bonds is 1. The van der Waals surface area contributed by atoms with E-state index in [9.17, 15) is 0 Å². The molecule has 0 aromatic rings. The van der Waals surface area contributed by atoms with Gasteiger partial charge in [0.2, 0.25) is 0 Å². The molecular formula is C8H18N2. The van der Waals surface area contributed by atoms with Gasteiger partial charge in [-0.2, -0.15) is 0 Å². The van der Waals surface area contributed by atoms with E-state index >= 15 is 0 Å². The first kappa shape index (κ1) is 8.02. The summed E-state index contributed by atoms with van der Waals surface area (Å²) in [6.07, 6.45) is 2.29. The molecule has 0 bridgehead atoms. The van der Waals surface area contributed by atoms with Gasteiger partial charge in [-0.3, -0.25) is 0 Å². The monoisotopic (exact) mass is 142 g/mol. The van der Waals surface area contributed by atoms with Crippen LogP contribution in [0.1, 0.15) is 26.7 Å². The maximum Gasteiger partial charge on any atom is 0.0105 e. The summed E-state index contributed by atoms with van der Waals surface area (Å²) in [5.74, 6) is 0.728. The topological polar surface area (TPSA) is 38.0 Å². The highest BCUT2D eigenvalue weighted by Crippen LogP contribution is 2.13. The van der Waals surface area contributed by atoms with Gasteiger partial charge in [-0.15, -0.1) is 0 Å². The fraction of sp³-hybridized carbons (Fsp3) is 1.00. The summed E-state index contributed by atoms with van der Waals surface area (Å²) in [5.41, 5.74) is 5.82. The van der Waals surface area contributed by atoms with Crippen LogP contribution in [-0.4, -0.2) is 18.6 Å². The minimum Gasteiger partial charge on any atom is -0.328 e. The second-order valence-corrected chi connectivity index (χ2v) is 3.59. The Bertz CT molecular complexity index is 101. The second kappa shape index (κ2) is 3.35. The standard InChI is InChI=1S/C8H18N2/c1-6(2)8-5-7(9)3-4-10-8/h6-8,10H,3-5,9H2,1-2H3. The maximum atomic E-state index is 5.82. The van der Waals surface area contributed by atoms with Crippen molar-refractivity contribution in [2.75, 3.05) is 6.54 Å². The Morgan fingerprint density at radius 1 is 1.50 bits per heavy atom. The first-order chi connectivity index (χ1) is 4.70. The van der Waals surface area contributed by atoms with Gasteiger partial charge < -0.3 is 11.1 Å². The Labute approximate surface area is 63.2 Å². The average Bonchev–Trinajstić information content (AvgIpc) is 1.88. The quantitative estimate of drug-likeness (QED) is 0.566. The number of piperidine rings is 1. The molecule has 1 heterocycles. The summed E-state index contributed by atoms with van der Waals surface area (Å²) >= 11 is 0. The highest BCUT2D eigenvalue weighted by molar-refractivity contribution is 4.81. The van der Waals surface area contributed by atoms with E-state index in [4.69, 9.17) is 5.73 Å². The Morgan fingerprint density at radius 2 is 2.20 bits per heavy atom. The van der Waals surface area contributed by atoms with Gasteiger partial charge in [-0.1, -0.05) is 13.8 Å². The van der Waals surface area contributed by atoms with Gasteiger partial charge in [0.25, 0.3) is 0 Å². The molecule has 60 valence electrons. The molecule has 0 saturated carbocycles.